The van der Waals surface area contributed by atoms with E-state index in [1.54, 1.807) is 11.0 Å². The van der Waals surface area contributed by atoms with Crippen LogP contribution in [-0.2, 0) is 6.54 Å². The third kappa shape index (κ3) is 3.69. The number of imidazole rings is 1. The van der Waals surface area contributed by atoms with Gasteiger partial charge in [-0.05, 0) is 30.5 Å². The molecule has 0 saturated carbocycles. The Hall–Kier alpha value is -3.15. The zero-order chi connectivity index (χ0) is 18.6. The van der Waals surface area contributed by atoms with Crippen molar-refractivity contribution in [2.45, 2.75) is 25.3 Å². The number of carbonyl (C=O) groups excluding carboxylic acids is 1. The van der Waals surface area contributed by atoms with Gasteiger partial charge in [0.15, 0.2) is 5.69 Å². The molecule has 0 aliphatic carbocycles. The molecule has 1 aliphatic heterocycles. The molecule has 3 aromatic rings. The molecule has 0 bridgehead atoms. The van der Waals surface area contributed by atoms with E-state index in [1.165, 1.54) is 17.8 Å². The number of amides is 1. The summed E-state index contributed by atoms with van der Waals surface area (Å²) in [5.74, 6) is 1.12. The van der Waals surface area contributed by atoms with Gasteiger partial charge in [-0.25, -0.2) is 9.97 Å². The van der Waals surface area contributed by atoms with Crippen molar-refractivity contribution >= 4 is 5.91 Å². The third-order valence-corrected chi connectivity index (χ3v) is 5.08. The Morgan fingerprint density at radius 1 is 1.04 bits per heavy atom. The second kappa shape index (κ2) is 7.61. The van der Waals surface area contributed by atoms with E-state index in [4.69, 9.17) is 0 Å². The first-order valence-corrected chi connectivity index (χ1v) is 9.20. The van der Waals surface area contributed by atoms with Gasteiger partial charge in [-0.1, -0.05) is 30.3 Å². The maximum atomic E-state index is 12.6. The van der Waals surface area contributed by atoms with E-state index >= 15 is 0 Å². The summed E-state index contributed by atoms with van der Waals surface area (Å²) in [5.41, 5.74) is 1.37. The summed E-state index contributed by atoms with van der Waals surface area (Å²) in [6.45, 7) is 2.08. The van der Waals surface area contributed by atoms with Gasteiger partial charge in [0, 0.05) is 44.1 Å². The van der Waals surface area contributed by atoms with Crippen LogP contribution in [0.1, 0.15) is 40.6 Å². The van der Waals surface area contributed by atoms with Crippen molar-refractivity contribution in [2.75, 3.05) is 13.1 Å². The van der Waals surface area contributed by atoms with Crippen LogP contribution in [-0.4, -0.2) is 43.5 Å². The molecule has 4 rings (SSSR count). The maximum absolute atomic E-state index is 12.6. The fraction of sp³-hybridized carbons (Fsp3) is 0.286. The van der Waals surface area contributed by atoms with Crippen LogP contribution in [0.15, 0.2) is 61.1 Å². The number of hydrogen-bond acceptors (Lipinski definition) is 4. The highest BCUT2D eigenvalue weighted by molar-refractivity contribution is 5.94. The topological polar surface area (TPSA) is 71.2 Å². The highest BCUT2D eigenvalue weighted by Gasteiger charge is 2.28. The first kappa shape index (κ1) is 17.3. The Balaban J connectivity index is 1.42. The first-order chi connectivity index (χ1) is 13.2. The molecule has 1 N–H and O–H groups in total. The van der Waals surface area contributed by atoms with Crippen molar-refractivity contribution in [2.24, 2.45) is 0 Å². The fourth-order valence-corrected chi connectivity index (χ4v) is 3.65. The van der Waals surface area contributed by atoms with E-state index in [2.05, 4.69) is 26.7 Å². The number of aromatic nitrogens is 3. The smallest absolute Gasteiger partial charge is 0.276 e. The number of likely N-dealkylation sites (tertiary alicyclic amines) is 1. The van der Waals surface area contributed by atoms with Crippen molar-refractivity contribution in [1.29, 1.82) is 0 Å². The Kier molecular flexibility index (Phi) is 4.87. The third-order valence-electron chi connectivity index (χ3n) is 5.08. The second-order valence-electron chi connectivity index (χ2n) is 6.84. The van der Waals surface area contributed by atoms with E-state index in [0.717, 1.165) is 25.2 Å². The average Bonchev–Trinajstić information content (AvgIpc) is 3.17. The maximum Gasteiger partial charge on any atom is 0.276 e. The summed E-state index contributed by atoms with van der Waals surface area (Å²) >= 11 is 0. The van der Waals surface area contributed by atoms with E-state index in [-0.39, 0.29) is 17.4 Å². The molecule has 138 valence electrons. The molecule has 0 atom stereocenters. The number of rotatable bonds is 4. The largest absolute Gasteiger partial charge is 0.505 e. The molecule has 3 heterocycles. The van der Waals surface area contributed by atoms with Crippen LogP contribution < -0.4 is 0 Å². The number of nitrogens with zero attached hydrogens (tertiary/aromatic N) is 4. The molecular weight excluding hydrogens is 340 g/mol. The molecule has 2 aromatic heterocycles. The van der Waals surface area contributed by atoms with Crippen LogP contribution in [0.4, 0.5) is 0 Å². The Bertz CT molecular complexity index is 915. The van der Waals surface area contributed by atoms with Crippen LogP contribution in [0.3, 0.4) is 0 Å². The van der Waals surface area contributed by atoms with Gasteiger partial charge >= 0.3 is 0 Å². The molecule has 1 saturated heterocycles. The second-order valence-corrected chi connectivity index (χ2v) is 6.84. The number of hydrogen-bond donors (Lipinski definition) is 1. The molecule has 6 heteroatoms. The molecule has 1 aliphatic rings. The lowest BCUT2D eigenvalue weighted by molar-refractivity contribution is 0.0701. The van der Waals surface area contributed by atoms with Crippen molar-refractivity contribution in [3.8, 4) is 5.75 Å². The van der Waals surface area contributed by atoms with E-state index in [0.29, 0.717) is 19.0 Å². The zero-order valence-corrected chi connectivity index (χ0v) is 15.0. The van der Waals surface area contributed by atoms with E-state index < -0.39 is 0 Å². The van der Waals surface area contributed by atoms with Gasteiger partial charge in [0.05, 0.1) is 0 Å². The van der Waals surface area contributed by atoms with Gasteiger partial charge < -0.3 is 14.6 Å². The lowest BCUT2D eigenvalue weighted by atomic mass is 9.95. The number of benzene rings is 1. The predicted octanol–water partition coefficient (Wildman–Crippen LogP) is 3.05. The summed E-state index contributed by atoms with van der Waals surface area (Å²) in [6.07, 6.45) is 7.10. The van der Waals surface area contributed by atoms with Gasteiger partial charge in [-0.3, -0.25) is 4.79 Å². The van der Waals surface area contributed by atoms with Crippen molar-refractivity contribution in [3.05, 3.63) is 78.1 Å². The lowest BCUT2D eigenvalue weighted by Crippen LogP contribution is -2.38. The van der Waals surface area contributed by atoms with Crippen molar-refractivity contribution < 1.29 is 9.90 Å². The van der Waals surface area contributed by atoms with Crippen LogP contribution in [0.5, 0.6) is 5.75 Å². The Labute approximate surface area is 158 Å². The van der Waals surface area contributed by atoms with E-state index in [1.807, 2.05) is 30.6 Å². The minimum absolute atomic E-state index is 0.0666. The average molecular weight is 362 g/mol. The zero-order valence-electron chi connectivity index (χ0n) is 15.0. The summed E-state index contributed by atoms with van der Waals surface area (Å²) in [7, 11) is 0. The molecule has 0 unspecified atom stereocenters. The summed E-state index contributed by atoms with van der Waals surface area (Å²) in [5, 5.41) is 9.87. The summed E-state index contributed by atoms with van der Waals surface area (Å²) in [6, 6.07) is 13.4. The molecule has 1 fully saturated rings. The molecule has 0 radical (unpaired) electrons. The van der Waals surface area contributed by atoms with Gasteiger partial charge in [-0.2, -0.15) is 0 Å². The molecule has 0 spiro atoms. The molecule has 1 aromatic carbocycles. The van der Waals surface area contributed by atoms with Crippen LogP contribution in [0.25, 0.3) is 0 Å². The Morgan fingerprint density at radius 2 is 1.81 bits per heavy atom. The molecule has 27 heavy (non-hydrogen) atoms. The normalized spacial score (nSPS) is 15.0. The molecular formula is C21H22N4O2. The SMILES string of the molecule is O=C(c1ncccc1O)N1CCC(c2nccn2Cc2ccccc2)CC1. The van der Waals surface area contributed by atoms with Crippen molar-refractivity contribution in [1.82, 2.24) is 19.4 Å². The minimum Gasteiger partial charge on any atom is -0.505 e. The molecule has 6 nitrogen and oxygen atoms in total. The standard InChI is InChI=1S/C21H22N4O2/c26-18-7-4-10-22-19(18)21(27)24-12-8-17(9-13-24)20-23-11-14-25(20)15-16-5-2-1-3-6-16/h1-7,10-11,14,17,26H,8-9,12-13,15H2. The predicted molar refractivity (Wildman–Crippen MR) is 102 cm³/mol. The molecule has 1 amide bonds. The highest BCUT2D eigenvalue weighted by Crippen LogP contribution is 2.28. The fourth-order valence-electron chi connectivity index (χ4n) is 3.65. The van der Waals surface area contributed by atoms with Gasteiger partial charge in [0.2, 0.25) is 0 Å². The summed E-state index contributed by atoms with van der Waals surface area (Å²) in [4.78, 5) is 23.0. The monoisotopic (exact) mass is 362 g/mol. The number of aromatic hydroxyl groups is 1. The van der Waals surface area contributed by atoms with E-state index in [9.17, 15) is 9.90 Å². The lowest BCUT2D eigenvalue weighted by Gasteiger charge is -2.31. The summed E-state index contributed by atoms with van der Waals surface area (Å²) < 4.78 is 2.20. The number of carbonyl (C=O) groups is 1. The highest BCUT2D eigenvalue weighted by atomic mass is 16.3. The van der Waals surface area contributed by atoms with Crippen LogP contribution in [0, 0.1) is 0 Å². The minimum atomic E-state index is -0.209. The number of pyridine rings is 1. The quantitative estimate of drug-likeness (QED) is 0.774. The van der Waals surface area contributed by atoms with Gasteiger partial charge in [-0.15, -0.1) is 0 Å². The van der Waals surface area contributed by atoms with Gasteiger partial charge in [0.1, 0.15) is 11.6 Å². The first-order valence-electron chi connectivity index (χ1n) is 9.20. The van der Waals surface area contributed by atoms with Crippen LogP contribution >= 0.6 is 0 Å². The van der Waals surface area contributed by atoms with Crippen LogP contribution in [0.2, 0.25) is 0 Å². The van der Waals surface area contributed by atoms with Gasteiger partial charge in [0.25, 0.3) is 5.91 Å². The Morgan fingerprint density at radius 3 is 2.56 bits per heavy atom. The number of piperidine rings is 1. The van der Waals surface area contributed by atoms with Crippen molar-refractivity contribution in [3.63, 3.8) is 0 Å².